The van der Waals surface area contributed by atoms with Gasteiger partial charge in [-0.3, -0.25) is 9.59 Å². The van der Waals surface area contributed by atoms with E-state index in [0.29, 0.717) is 37.4 Å². The van der Waals surface area contributed by atoms with Gasteiger partial charge in [-0.15, -0.1) is 0 Å². The Morgan fingerprint density at radius 2 is 1.74 bits per heavy atom. The summed E-state index contributed by atoms with van der Waals surface area (Å²) >= 11 is 0. The predicted octanol–water partition coefficient (Wildman–Crippen LogP) is 2.92. The number of carbonyl (C=O) groups is 3. The molecule has 0 bridgehead atoms. The third-order valence-corrected chi connectivity index (χ3v) is 4.76. The van der Waals surface area contributed by atoms with Crippen molar-refractivity contribution in [3.05, 3.63) is 29.3 Å². The van der Waals surface area contributed by atoms with Crippen LogP contribution in [-0.4, -0.2) is 65.7 Å². The highest BCUT2D eigenvalue weighted by atomic mass is 16.6. The molecule has 1 saturated heterocycles. The van der Waals surface area contributed by atoms with E-state index in [2.05, 4.69) is 5.32 Å². The van der Waals surface area contributed by atoms with Gasteiger partial charge in [0.05, 0.1) is 13.2 Å². The summed E-state index contributed by atoms with van der Waals surface area (Å²) in [6.45, 7) is 12.3. The summed E-state index contributed by atoms with van der Waals surface area (Å²) in [7, 11) is 0. The summed E-state index contributed by atoms with van der Waals surface area (Å²) in [5, 5.41) is 12.6. The van der Waals surface area contributed by atoms with Crippen LogP contribution in [0.2, 0.25) is 0 Å². The van der Waals surface area contributed by atoms with Gasteiger partial charge >= 0.3 is 6.09 Å². The largest absolute Gasteiger partial charge is 0.508 e. The number of alkyl carbamates (subject to hydrolysis) is 1. The van der Waals surface area contributed by atoms with E-state index in [1.54, 1.807) is 52.5 Å². The Hall–Kier alpha value is -2.61. The number of benzene rings is 1. The third kappa shape index (κ3) is 7.24. The van der Waals surface area contributed by atoms with Crippen LogP contribution in [0.1, 0.15) is 57.5 Å². The van der Waals surface area contributed by atoms with Gasteiger partial charge < -0.3 is 24.8 Å². The first-order valence-electron chi connectivity index (χ1n) is 10.5. The van der Waals surface area contributed by atoms with Crippen molar-refractivity contribution < 1.29 is 29.0 Å². The molecule has 0 aromatic heterocycles. The first kappa shape index (κ1) is 24.7. The van der Waals surface area contributed by atoms with Crippen molar-refractivity contribution >= 4 is 17.8 Å². The molecule has 1 aromatic carbocycles. The van der Waals surface area contributed by atoms with Crippen molar-refractivity contribution in [2.75, 3.05) is 26.3 Å². The molecule has 31 heavy (non-hydrogen) atoms. The molecule has 2 N–H and O–H groups in total. The maximum absolute atomic E-state index is 13.2. The van der Waals surface area contributed by atoms with Crippen LogP contribution in [0, 0.1) is 5.41 Å². The molecule has 0 aliphatic carbocycles. The van der Waals surface area contributed by atoms with Crippen molar-refractivity contribution in [2.24, 2.45) is 5.41 Å². The van der Waals surface area contributed by atoms with Crippen molar-refractivity contribution in [3.8, 4) is 5.75 Å². The molecule has 1 fully saturated rings. The maximum Gasteiger partial charge on any atom is 0.408 e. The van der Waals surface area contributed by atoms with Crippen LogP contribution >= 0.6 is 0 Å². The van der Waals surface area contributed by atoms with E-state index in [0.717, 1.165) is 0 Å². The number of morpholine rings is 1. The van der Waals surface area contributed by atoms with Crippen LogP contribution in [0.4, 0.5) is 4.79 Å². The van der Waals surface area contributed by atoms with Crippen LogP contribution in [0.25, 0.3) is 0 Å². The molecule has 1 atom stereocenters. The maximum atomic E-state index is 13.2. The molecule has 172 valence electrons. The Bertz CT molecular complexity index is 816. The number of hydrogen-bond donors (Lipinski definition) is 2. The number of phenols is 1. The molecular weight excluding hydrogens is 400 g/mol. The molecule has 0 unspecified atom stereocenters. The first-order valence-corrected chi connectivity index (χ1v) is 10.5. The Balaban J connectivity index is 2.35. The molecule has 2 rings (SSSR count). The Morgan fingerprint density at radius 1 is 1.13 bits per heavy atom. The average Bonchev–Trinajstić information content (AvgIpc) is 2.66. The van der Waals surface area contributed by atoms with E-state index in [4.69, 9.17) is 9.47 Å². The second-order valence-corrected chi connectivity index (χ2v) is 9.76. The Kier molecular flexibility index (Phi) is 7.70. The lowest BCUT2D eigenvalue weighted by molar-refractivity contribution is -0.137. The number of ketones is 1. The molecule has 1 heterocycles. The average molecular weight is 435 g/mol. The number of hydrogen-bond acceptors (Lipinski definition) is 6. The van der Waals surface area contributed by atoms with E-state index >= 15 is 0 Å². The van der Waals surface area contributed by atoms with E-state index in [1.807, 2.05) is 0 Å². The van der Waals surface area contributed by atoms with Crippen molar-refractivity contribution in [1.29, 1.82) is 0 Å². The van der Waals surface area contributed by atoms with Crippen molar-refractivity contribution in [1.82, 2.24) is 10.2 Å². The van der Waals surface area contributed by atoms with Gasteiger partial charge in [-0.25, -0.2) is 4.79 Å². The van der Waals surface area contributed by atoms with Crippen LogP contribution in [0.15, 0.2) is 18.2 Å². The fourth-order valence-corrected chi connectivity index (χ4v) is 3.23. The predicted molar refractivity (Wildman–Crippen MR) is 116 cm³/mol. The molecule has 8 nitrogen and oxygen atoms in total. The normalized spacial score (nSPS) is 15.9. The summed E-state index contributed by atoms with van der Waals surface area (Å²) in [6.07, 6.45) is -0.617. The number of carbonyl (C=O) groups excluding carboxylic acids is 3. The standard InChI is InChI=1S/C23H34N2O6/c1-22(2,3)19(27)17-14-16(26)8-7-15(17)13-18(24-21(29)31-23(4,5)6)20(28)25-9-11-30-12-10-25/h7-8,14,18,26H,9-13H2,1-6H3,(H,24,29)/t18-/m0/s1. The Labute approximate surface area is 183 Å². The van der Waals surface area contributed by atoms with Crippen LogP contribution in [-0.2, 0) is 20.7 Å². The van der Waals surface area contributed by atoms with Gasteiger partial charge in [0.1, 0.15) is 17.4 Å². The molecule has 8 heteroatoms. The van der Waals surface area contributed by atoms with Crippen LogP contribution in [0.3, 0.4) is 0 Å². The minimum atomic E-state index is -0.927. The highest BCUT2D eigenvalue weighted by molar-refractivity contribution is 6.01. The second-order valence-electron chi connectivity index (χ2n) is 9.76. The van der Waals surface area contributed by atoms with E-state index in [-0.39, 0.29) is 23.9 Å². The monoisotopic (exact) mass is 434 g/mol. The molecule has 0 radical (unpaired) electrons. The number of aromatic hydroxyl groups is 1. The molecule has 0 saturated carbocycles. The molecule has 0 spiro atoms. The lowest BCUT2D eigenvalue weighted by Crippen LogP contribution is -2.53. The minimum Gasteiger partial charge on any atom is -0.508 e. The molecule has 1 aliphatic heterocycles. The smallest absolute Gasteiger partial charge is 0.408 e. The van der Waals surface area contributed by atoms with E-state index in [1.165, 1.54) is 12.1 Å². The number of nitrogens with zero attached hydrogens (tertiary/aromatic N) is 1. The highest BCUT2D eigenvalue weighted by Crippen LogP contribution is 2.27. The first-order chi connectivity index (χ1) is 14.3. The van der Waals surface area contributed by atoms with Crippen LogP contribution < -0.4 is 5.32 Å². The number of rotatable bonds is 5. The van der Waals surface area contributed by atoms with Gasteiger partial charge in [0.2, 0.25) is 5.91 Å². The van der Waals surface area contributed by atoms with Gasteiger partial charge in [-0.1, -0.05) is 26.8 Å². The zero-order chi connectivity index (χ0) is 23.4. The number of nitrogens with one attached hydrogen (secondary N) is 1. The van der Waals surface area contributed by atoms with Gasteiger partial charge in [0, 0.05) is 30.5 Å². The molecular formula is C23H34N2O6. The molecule has 2 amide bonds. The number of ether oxygens (including phenoxy) is 2. The third-order valence-electron chi connectivity index (χ3n) is 4.76. The summed E-state index contributed by atoms with van der Waals surface area (Å²) in [5.41, 5.74) is -0.494. The van der Waals surface area contributed by atoms with Crippen molar-refractivity contribution in [2.45, 2.75) is 59.6 Å². The number of Topliss-reactive ketones (excluding diaryl/α,β-unsaturated/α-hetero) is 1. The van der Waals surface area contributed by atoms with Gasteiger partial charge in [0.15, 0.2) is 5.78 Å². The quantitative estimate of drug-likeness (QED) is 0.691. The van der Waals surface area contributed by atoms with E-state index in [9.17, 15) is 19.5 Å². The van der Waals surface area contributed by atoms with Gasteiger partial charge in [0.25, 0.3) is 0 Å². The zero-order valence-electron chi connectivity index (χ0n) is 19.3. The number of amides is 2. The second kappa shape index (κ2) is 9.68. The lowest BCUT2D eigenvalue weighted by atomic mass is 9.83. The van der Waals surface area contributed by atoms with Gasteiger partial charge in [-0.05, 0) is 38.5 Å². The topological polar surface area (TPSA) is 105 Å². The van der Waals surface area contributed by atoms with Crippen molar-refractivity contribution in [3.63, 3.8) is 0 Å². The molecule has 1 aliphatic rings. The summed E-state index contributed by atoms with van der Waals surface area (Å²) in [5.74, 6) is -0.461. The highest BCUT2D eigenvalue weighted by Gasteiger charge is 2.32. The fraction of sp³-hybridized carbons (Fsp3) is 0.609. The fourth-order valence-electron chi connectivity index (χ4n) is 3.23. The summed E-state index contributed by atoms with van der Waals surface area (Å²) in [4.78, 5) is 40.3. The minimum absolute atomic E-state index is 0.0347. The summed E-state index contributed by atoms with van der Waals surface area (Å²) in [6, 6.07) is 3.57. The number of phenolic OH excluding ortho intramolecular Hbond substituents is 1. The lowest BCUT2D eigenvalue weighted by Gasteiger charge is -2.31. The van der Waals surface area contributed by atoms with E-state index < -0.39 is 23.2 Å². The SMILES string of the molecule is CC(C)(C)OC(=O)N[C@@H](Cc1ccc(O)cc1C(=O)C(C)(C)C)C(=O)N1CCOCC1. The van der Waals surface area contributed by atoms with Crippen LogP contribution in [0.5, 0.6) is 5.75 Å². The Morgan fingerprint density at radius 3 is 2.29 bits per heavy atom. The molecule has 1 aromatic rings. The summed E-state index contributed by atoms with van der Waals surface area (Å²) < 4.78 is 10.7. The van der Waals surface area contributed by atoms with Gasteiger partial charge in [-0.2, -0.15) is 0 Å². The zero-order valence-corrected chi connectivity index (χ0v) is 19.3.